The molecule has 0 atom stereocenters. The van der Waals surface area contributed by atoms with E-state index >= 15 is 0 Å². The van der Waals surface area contributed by atoms with Gasteiger partial charge in [0.25, 0.3) is 0 Å². The molecule has 0 bridgehead atoms. The molecule has 2 aromatic rings. The molecular formula is C24H24O3. The first-order valence-corrected chi connectivity index (χ1v) is 9.08. The summed E-state index contributed by atoms with van der Waals surface area (Å²) in [6, 6.07) is 11.6. The molecule has 3 nitrogen and oxygen atoms in total. The lowest BCUT2D eigenvalue weighted by Gasteiger charge is -2.33. The quantitative estimate of drug-likeness (QED) is 0.426. The minimum absolute atomic E-state index is 0.0811. The van der Waals surface area contributed by atoms with Gasteiger partial charge in [0.15, 0.2) is 0 Å². The van der Waals surface area contributed by atoms with Crippen molar-refractivity contribution in [3.63, 3.8) is 0 Å². The molecule has 138 valence electrons. The minimum atomic E-state index is -0.289. The molecule has 0 saturated heterocycles. The van der Waals surface area contributed by atoms with Crippen LogP contribution in [0.3, 0.4) is 0 Å². The average Bonchev–Trinajstić information content (AvgIpc) is 2.68. The predicted octanol–water partition coefficient (Wildman–Crippen LogP) is 5.02. The van der Waals surface area contributed by atoms with Crippen LogP contribution in [-0.4, -0.2) is 19.5 Å². The van der Waals surface area contributed by atoms with Gasteiger partial charge in [-0.2, -0.15) is 0 Å². The number of rotatable bonds is 5. The molecular weight excluding hydrogens is 336 g/mol. The number of Topliss-reactive ketones (excluding diaryl/α,β-unsaturated/α-hetero) is 1. The predicted molar refractivity (Wildman–Crippen MR) is 108 cm³/mol. The molecule has 0 amide bonds. The Kier molecular flexibility index (Phi) is 5.10. The molecule has 3 heteroatoms. The number of ether oxygens (including phenoxy) is 2. The number of terminal acetylenes is 1. The summed E-state index contributed by atoms with van der Waals surface area (Å²) >= 11 is 0. The van der Waals surface area contributed by atoms with Gasteiger partial charge in [0, 0.05) is 17.2 Å². The van der Waals surface area contributed by atoms with Crippen molar-refractivity contribution in [1.29, 1.82) is 0 Å². The van der Waals surface area contributed by atoms with E-state index in [1.54, 1.807) is 13.2 Å². The molecule has 3 rings (SSSR count). The zero-order valence-corrected chi connectivity index (χ0v) is 16.3. The van der Waals surface area contributed by atoms with Crippen molar-refractivity contribution in [2.75, 3.05) is 13.7 Å². The van der Waals surface area contributed by atoms with Gasteiger partial charge in [-0.1, -0.05) is 26.0 Å². The van der Waals surface area contributed by atoms with Crippen molar-refractivity contribution < 1.29 is 14.3 Å². The van der Waals surface area contributed by atoms with Gasteiger partial charge in [0.2, 0.25) is 5.78 Å². The number of allylic oxidation sites excluding steroid dienone is 1. The third-order valence-electron chi connectivity index (χ3n) is 5.02. The zero-order valence-electron chi connectivity index (χ0n) is 16.3. The van der Waals surface area contributed by atoms with Crippen molar-refractivity contribution in [3.05, 3.63) is 64.7 Å². The molecule has 0 heterocycles. The Balaban J connectivity index is 2.14. The summed E-state index contributed by atoms with van der Waals surface area (Å²) in [7, 11) is 1.66. The minimum Gasteiger partial charge on any atom is -0.496 e. The Morgan fingerprint density at radius 1 is 1.19 bits per heavy atom. The Bertz CT molecular complexity index is 958. The molecule has 0 radical (unpaired) electrons. The van der Waals surface area contributed by atoms with Crippen LogP contribution in [-0.2, 0) is 5.41 Å². The second-order valence-electron chi connectivity index (χ2n) is 7.23. The highest BCUT2D eigenvalue weighted by molar-refractivity contribution is 6.09. The van der Waals surface area contributed by atoms with Gasteiger partial charge >= 0.3 is 0 Å². The highest BCUT2D eigenvalue weighted by atomic mass is 16.5. The van der Waals surface area contributed by atoms with E-state index in [9.17, 15) is 4.79 Å². The fraction of sp³-hybridized carbons (Fsp3) is 0.292. The first-order valence-electron chi connectivity index (χ1n) is 9.08. The molecule has 2 aromatic carbocycles. The lowest BCUT2D eigenvalue weighted by atomic mass is 9.71. The first-order chi connectivity index (χ1) is 12.9. The lowest BCUT2D eigenvalue weighted by Crippen LogP contribution is -2.22. The van der Waals surface area contributed by atoms with Crippen LogP contribution in [0.4, 0.5) is 0 Å². The molecule has 0 saturated carbocycles. The third kappa shape index (κ3) is 3.48. The average molecular weight is 360 g/mol. The van der Waals surface area contributed by atoms with Crippen LogP contribution in [0.2, 0.25) is 0 Å². The summed E-state index contributed by atoms with van der Waals surface area (Å²) in [6.45, 7) is 6.92. The summed E-state index contributed by atoms with van der Waals surface area (Å²) in [5.74, 6) is 3.47. The normalized spacial score (nSPS) is 14.6. The summed E-state index contributed by atoms with van der Waals surface area (Å²) in [6.07, 6.45) is 8.40. The Labute approximate surface area is 161 Å². The molecule has 0 aliphatic heterocycles. The van der Waals surface area contributed by atoms with Crippen molar-refractivity contribution in [2.24, 2.45) is 0 Å². The molecule has 0 aromatic heterocycles. The standard InChI is InChI=1S/C24H24O3/c1-6-22(25)16-8-10-19-18(12-13-24(3,4)21(19)14-16)20-11-9-17(27-7-2)15-23(20)26-5/h1,8-12,14-15H,7,13H2,2-5H3. The smallest absolute Gasteiger partial charge is 0.235 e. The van der Waals surface area contributed by atoms with Crippen molar-refractivity contribution in [3.8, 4) is 23.8 Å². The van der Waals surface area contributed by atoms with E-state index in [1.165, 1.54) is 0 Å². The van der Waals surface area contributed by atoms with Crippen LogP contribution in [0, 0.1) is 12.3 Å². The Morgan fingerprint density at radius 2 is 1.93 bits per heavy atom. The third-order valence-corrected chi connectivity index (χ3v) is 5.02. The summed E-state index contributed by atoms with van der Waals surface area (Å²) < 4.78 is 11.2. The molecule has 0 unspecified atom stereocenters. The van der Waals surface area contributed by atoms with Gasteiger partial charge in [-0.3, -0.25) is 4.79 Å². The Morgan fingerprint density at radius 3 is 2.59 bits per heavy atom. The molecule has 27 heavy (non-hydrogen) atoms. The fourth-order valence-electron chi connectivity index (χ4n) is 3.55. The number of ketones is 1. The maximum Gasteiger partial charge on any atom is 0.235 e. The van der Waals surface area contributed by atoms with Gasteiger partial charge in [0.05, 0.1) is 13.7 Å². The lowest BCUT2D eigenvalue weighted by molar-refractivity contribution is 0.105. The summed E-state index contributed by atoms with van der Waals surface area (Å²) in [5, 5.41) is 0. The number of carbonyl (C=O) groups excluding carboxylic acids is 1. The number of hydrogen-bond donors (Lipinski definition) is 0. The molecule has 0 spiro atoms. The van der Waals surface area contributed by atoms with E-state index in [1.807, 2.05) is 37.3 Å². The molecule has 1 aliphatic rings. The SMILES string of the molecule is C#CC(=O)c1ccc2c(c1)C(C)(C)CC=C2c1ccc(OCC)cc1OC. The van der Waals surface area contributed by atoms with Crippen LogP contribution in [0.5, 0.6) is 11.5 Å². The number of benzene rings is 2. The van der Waals surface area contributed by atoms with E-state index in [0.717, 1.165) is 40.2 Å². The first kappa shape index (κ1) is 18.8. The number of hydrogen-bond acceptors (Lipinski definition) is 3. The van der Waals surface area contributed by atoms with Crippen LogP contribution in [0.25, 0.3) is 5.57 Å². The van der Waals surface area contributed by atoms with E-state index in [4.69, 9.17) is 15.9 Å². The second kappa shape index (κ2) is 7.32. The van der Waals surface area contributed by atoms with Crippen LogP contribution < -0.4 is 9.47 Å². The number of fused-ring (bicyclic) bond motifs is 1. The van der Waals surface area contributed by atoms with Gasteiger partial charge < -0.3 is 9.47 Å². The number of carbonyl (C=O) groups is 1. The van der Waals surface area contributed by atoms with E-state index in [-0.39, 0.29) is 11.2 Å². The molecule has 0 fully saturated rings. The second-order valence-corrected chi connectivity index (χ2v) is 7.23. The van der Waals surface area contributed by atoms with E-state index < -0.39 is 0 Å². The highest BCUT2D eigenvalue weighted by Crippen LogP contribution is 2.44. The van der Waals surface area contributed by atoms with Crippen molar-refractivity contribution in [1.82, 2.24) is 0 Å². The van der Waals surface area contributed by atoms with Crippen LogP contribution in [0.15, 0.2) is 42.5 Å². The molecule has 0 N–H and O–H groups in total. The van der Waals surface area contributed by atoms with Gasteiger partial charge in [-0.05, 0) is 65.6 Å². The largest absolute Gasteiger partial charge is 0.496 e. The van der Waals surface area contributed by atoms with Crippen molar-refractivity contribution >= 4 is 11.4 Å². The van der Waals surface area contributed by atoms with Gasteiger partial charge in [-0.15, -0.1) is 6.42 Å². The number of methoxy groups -OCH3 is 1. The zero-order chi connectivity index (χ0) is 19.6. The van der Waals surface area contributed by atoms with E-state index in [0.29, 0.717) is 12.2 Å². The topological polar surface area (TPSA) is 35.5 Å². The van der Waals surface area contributed by atoms with E-state index in [2.05, 4.69) is 25.8 Å². The van der Waals surface area contributed by atoms with Gasteiger partial charge in [0.1, 0.15) is 11.5 Å². The maximum absolute atomic E-state index is 12.0. The maximum atomic E-state index is 12.0. The van der Waals surface area contributed by atoms with Crippen LogP contribution in [0.1, 0.15) is 54.2 Å². The highest BCUT2D eigenvalue weighted by Gasteiger charge is 2.30. The van der Waals surface area contributed by atoms with Crippen LogP contribution >= 0.6 is 0 Å². The summed E-state index contributed by atoms with van der Waals surface area (Å²) in [4.78, 5) is 12.0. The summed E-state index contributed by atoms with van der Waals surface area (Å²) in [5.41, 5.74) is 4.81. The van der Waals surface area contributed by atoms with Crippen molar-refractivity contribution in [2.45, 2.75) is 32.6 Å². The van der Waals surface area contributed by atoms with Gasteiger partial charge in [-0.25, -0.2) is 0 Å². The Hall–Kier alpha value is -2.99. The molecule has 1 aliphatic carbocycles. The monoisotopic (exact) mass is 360 g/mol. The fourth-order valence-corrected chi connectivity index (χ4v) is 3.55.